The number of carbonyl (C=O) groups is 1. The quantitative estimate of drug-likeness (QED) is 0.236. The number of amides is 1. The molecule has 188 valence electrons. The van der Waals surface area contributed by atoms with E-state index in [0.29, 0.717) is 35.7 Å². The fourth-order valence-corrected chi connectivity index (χ4v) is 4.92. The van der Waals surface area contributed by atoms with Crippen LogP contribution in [0.25, 0.3) is 10.2 Å². The summed E-state index contributed by atoms with van der Waals surface area (Å²) >= 11 is 7.34. The first-order chi connectivity index (χ1) is 17.5. The number of nitrogens with one attached hydrogen (secondary N) is 2. The normalized spacial score (nSPS) is 12.1. The molecule has 3 aromatic heterocycles. The van der Waals surface area contributed by atoms with Gasteiger partial charge in [-0.25, -0.2) is 9.97 Å². The molecule has 4 N–H and O–H groups in total. The predicted molar refractivity (Wildman–Crippen MR) is 139 cm³/mol. The Morgan fingerprint density at radius 3 is 2.64 bits per heavy atom. The van der Waals surface area contributed by atoms with Gasteiger partial charge in [0.05, 0.1) is 5.39 Å². The van der Waals surface area contributed by atoms with Crippen LogP contribution in [0.5, 0.6) is 0 Å². The number of hydrogen-bond donors (Lipinski definition) is 4. The number of halogens is 1. The third kappa shape index (κ3) is 6.34. The number of benzene rings is 1. The van der Waals surface area contributed by atoms with Gasteiger partial charge in [-0.1, -0.05) is 23.7 Å². The van der Waals surface area contributed by atoms with E-state index in [1.54, 1.807) is 42.9 Å². The van der Waals surface area contributed by atoms with Gasteiger partial charge in [0.15, 0.2) is 5.82 Å². The minimum absolute atomic E-state index is 0.00898. The van der Waals surface area contributed by atoms with Crippen LogP contribution in [0.1, 0.15) is 39.1 Å². The number of rotatable bonds is 11. The molecule has 0 radical (unpaired) electrons. The average Bonchev–Trinajstić information content (AvgIpc) is 3.33. The van der Waals surface area contributed by atoms with E-state index in [2.05, 4.69) is 20.6 Å². The molecular weight excluding hydrogens is 502 g/mol. The Kier molecular flexibility index (Phi) is 8.79. The Bertz CT molecular complexity index is 1380. The predicted octanol–water partition coefficient (Wildman–Crippen LogP) is 2.64. The van der Waals surface area contributed by atoms with Crippen LogP contribution in [0.4, 0.5) is 0 Å². The molecule has 0 aliphatic rings. The van der Waals surface area contributed by atoms with Gasteiger partial charge < -0.3 is 25.4 Å². The van der Waals surface area contributed by atoms with Gasteiger partial charge in [-0.05, 0) is 36.2 Å². The number of carbonyl (C=O) groups excluding carboxylic acids is 1. The lowest BCUT2D eigenvalue weighted by molar-refractivity contribution is 0.0949. The first-order valence-electron chi connectivity index (χ1n) is 11.4. The van der Waals surface area contributed by atoms with Crippen LogP contribution >= 0.6 is 22.9 Å². The molecule has 1 atom stereocenters. The van der Waals surface area contributed by atoms with E-state index in [1.807, 2.05) is 16.7 Å². The second kappa shape index (κ2) is 12.2. The fourth-order valence-electron chi connectivity index (χ4n) is 3.67. The lowest BCUT2D eigenvalue weighted by Crippen LogP contribution is -2.29. The average molecular weight is 528 g/mol. The molecule has 9 nitrogen and oxygen atoms in total. The number of thiophene rings is 1. The summed E-state index contributed by atoms with van der Waals surface area (Å²) in [6, 6.07) is 10.5. The highest BCUT2D eigenvalue weighted by Crippen LogP contribution is 2.24. The van der Waals surface area contributed by atoms with Crippen molar-refractivity contribution in [2.75, 3.05) is 13.2 Å². The van der Waals surface area contributed by atoms with Crippen LogP contribution in [0.3, 0.4) is 0 Å². The lowest BCUT2D eigenvalue weighted by Gasteiger charge is -2.11. The molecule has 3 heterocycles. The zero-order valence-electron chi connectivity index (χ0n) is 19.4. The number of aliphatic hydroxyl groups is 2. The Balaban J connectivity index is 1.52. The van der Waals surface area contributed by atoms with Gasteiger partial charge in [-0.3, -0.25) is 9.59 Å². The fraction of sp³-hybridized carbons (Fsp3) is 0.280. The monoisotopic (exact) mass is 527 g/mol. The summed E-state index contributed by atoms with van der Waals surface area (Å²) in [5, 5.41) is 26.6. The van der Waals surface area contributed by atoms with E-state index in [0.717, 1.165) is 15.3 Å². The third-order valence-corrected chi connectivity index (χ3v) is 6.91. The summed E-state index contributed by atoms with van der Waals surface area (Å²) in [5.74, 6) is -0.134. The maximum Gasteiger partial charge on any atom is 0.257 e. The van der Waals surface area contributed by atoms with Crippen molar-refractivity contribution >= 4 is 39.1 Å². The van der Waals surface area contributed by atoms with Gasteiger partial charge in [-0.2, -0.15) is 0 Å². The SMILES string of the molecule is O=C(NCc1ccc(Cl)cc1)c1cn(CCCO)c2sc(CNCC(O)c3ncccn3)cc2c1=O. The molecule has 0 spiro atoms. The molecule has 4 rings (SSSR count). The van der Waals surface area contributed by atoms with E-state index in [9.17, 15) is 19.8 Å². The molecule has 0 saturated heterocycles. The first-order valence-corrected chi connectivity index (χ1v) is 12.6. The van der Waals surface area contributed by atoms with Crippen molar-refractivity contribution in [1.29, 1.82) is 0 Å². The summed E-state index contributed by atoms with van der Waals surface area (Å²) in [6.07, 6.45) is 4.32. The minimum Gasteiger partial charge on any atom is -0.396 e. The zero-order valence-corrected chi connectivity index (χ0v) is 20.9. The van der Waals surface area contributed by atoms with Gasteiger partial charge in [-0.15, -0.1) is 11.3 Å². The molecule has 1 amide bonds. The lowest BCUT2D eigenvalue weighted by atomic mass is 10.1. The number of aryl methyl sites for hydroxylation is 1. The van der Waals surface area contributed by atoms with E-state index >= 15 is 0 Å². The van der Waals surface area contributed by atoms with E-state index < -0.39 is 12.0 Å². The van der Waals surface area contributed by atoms with Gasteiger partial charge >= 0.3 is 0 Å². The van der Waals surface area contributed by atoms with E-state index in [4.69, 9.17) is 11.6 Å². The number of aromatic nitrogens is 3. The summed E-state index contributed by atoms with van der Waals surface area (Å²) in [7, 11) is 0. The topological polar surface area (TPSA) is 129 Å². The molecule has 11 heteroatoms. The van der Waals surface area contributed by atoms with Crippen molar-refractivity contribution in [3.05, 3.63) is 92.1 Å². The molecule has 0 aliphatic carbocycles. The Morgan fingerprint density at radius 1 is 1.17 bits per heavy atom. The van der Waals surface area contributed by atoms with Gasteiger partial charge in [0.1, 0.15) is 16.5 Å². The molecule has 0 bridgehead atoms. The Hall–Kier alpha value is -3.15. The highest BCUT2D eigenvalue weighted by atomic mass is 35.5. The Labute approximate surface area is 216 Å². The van der Waals surface area contributed by atoms with Crippen LogP contribution in [-0.2, 0) is 19.6 Å². The summed E-state index contributed by atoms with van der Waals surface area (Å²) in [5.41, 5.74) is 0.559. The summed E-state index contributed by atoms with van der Waals surface area (Å²) in [6.45, 7) is 1.37. The second-order valence-electron chi connectivity index (χ2n) is 8.14. The molecule has 0 fully saturated rings. The number of pyridine rings is 1. The molecule has 0 aliphatic heterocycles. The number of hydrogen-bond acceptors (Lipinski definition) is 8. The Morgan fingerprint density at radius 2 is 1.92 bits per heavy atom. The molecular formula is C25H26ClN5O4S. The maximum absolute atomic E-state index is 13.2. The van der Waals surface area contributed by atoms with E-state index in [1.165, 1.54) is 11.3 Å². The van der Waals surface area contributed by atoms with Crippen molar-refractivity contribution in [2.24, 2.45) is 0 Å². The van der Waals surface area contributed by atoms with Gasteiger partial charge in [0, 0.05) is 61.3 Å². The largest absolute Gasteiger partial charge is 0.396 e. The zero-order chi connectivity index (χ0) is 25.5. The smallest absolute Gasteiger partial charge is 0.257 e. The highest BCUT2D eigenvalue weighted by molar-refractivity contribution is 7.18. The minimum atomic E-state index is -0.860. The molecule has 36 heavy (non-hydrogen) atoms. The summed E-state index contributed by atoms with van der Waals surface area (Å²) < 4.78 is 1.84. The first kappa shape index (κ1) is 25.9. The van der Waals surface area contributed by atoms with Crippen molar-refractivity contribution < 1.29 is 15.0 Å². The number of aliphatic hydroxyl groups excluding tert-OH is 2. The molecule has 1 aromatic carbocycles. The van der Waals surface area contributed by atoms with Gasteiger partial charge in [0.2, 0.25) is 5.43 Å². The standard InChI is InChI=1S/C25H26ClN5O4S/c26-17-5-3-16(4-6-17)12-30-24(35)20-15-31(9-2-10-32)25-19(22(20)34)11-18(36-25)13-27-14-21(33)23-28-7-1-8-29-23/h1,3-8,11,15,21,27,32-33H,2,9-10,12-14H2,(H,30,35). The van der Waals surface area contributed by atoms with Crippen LogP contribution in [0, 0.1) is 0 Å². The van der Waals surface area contributed by atoms with E-state index in [-0.39, 0.29) is 30.7 Å². The van der Waals surface area contributed by atoms with Crippen molar-refractivity contribution in [3.8, 4) is 0 Å². The maximum atomic E-state index is 13.2. The summed E-state index contributed by atoms with van der Waals surface area (Å²) in [4.78, 5) is 35.8. The number of fused-ring (bicyclic) bond motifs is 1. The van der Waals surface area contributed by atoms with Crippen LogP contribution in [-0.4, -0.2) is 43.8 Å². The third-order valence-electron chi connectivity index (χ3n) is 5.49. The van der Waals surface area contributed by atoms with Gasteiger partial charge in [0.25, 0.3) is 5.91 Å². The molecule has 1 unspecified atom stereocenters. The van der Waals surface area contributed by atoms with Crippen LogP contribution in [0.2, 0.25) is 5.02 Å². The number of nitrogens with zero attached hydrogens (tertiary/aromatic N) is 3. The molecule has 4 aromatic rings. The molecule has 0 saturated carbocycles. The second-order valence-corrected chi connectivity index (χ2v) is 9.69. The van der Waals surface area contributed by atoms with Crippen molar-refractivity contribution in [1.82, 2.24) is 25.2 Å². The van der Waals surface area contributed by atoms with Crippen molar-refractivity contribution in [3.63, 3.8) is 0 Å². The van der Waals surface area contributed by atoms with Crippen LogP contribution in [0.15, 0.2) is 59.8 Å². The van der Waals surface area contributed by atoms with Crippen LogP contribution < -0.4 is 16.1 Å². The van der Waals surface area contributed by atoms with Crippen molar-refractivity contribution in [2.45, 2.75) is 32.2 Å². The highest BCUT2D eigenvalue weighted by Gasteiger charge is 2.18.